The first-order valence-corrected chi connectivity index (χ1v) is 17.8. The van der Waals surface area contributed by atoms with Crippen molar-refractivity contribution in [2.45, 2.75) is 49.7 Å². The van der Waals surface area contributed by atoms with Crippen molar-refractivity contribution in [3.63, 3.8) is 0 Å². The Balaban J connectivity index is 1.16. The SMILES string of the molecule is CN(C)C(=O)N1CC=C(c2nc3n(CC(=O)Nc4ccc(C(F)(F)F)cc4Cl)c4c(c(=O)n3n2)C2(CCN(C(=O)c3ncccc3O)CC2)[C@@H]2C[C@H]42)CC1. The molecular weight excluding hydrogens is 731 g/mol. The summed E-state index contributed by atoms with van der Waals surface area (Å²) in [5.41, 5.74) is -0.0859. The van der Waals surface area contributed by atoms with Gasteiger partial charge >= 0.3 is 12.2 Å². The van der Waals surface area contributed by atoms with Crippen LogP contribution >= 0.6 is 11.6 Å². The predicted octanol–water partition coefficient (Wildman–Crippen LogP) is 4.36. The van der Waals surface area contributed by atoms with Crippen LogP contribution in [0.2, 0.25) is 5.02 Å². The fourth-order valence-electron chi connectivity index (χ4n) is 8.41. The zero-order valence-corrected chi connectivity index (χ0v) is 30.0. The molecule has 2 atom stereocenters. The van der Waals surface area contributed by atoms with E-state index in [4.69, 9.17) is 16.6 Å². The van der Waals surface area contributed by atoms with Crippen LogP contribution in [-0.4, -0.2) is 102 Å². The Hall–Kier alpha value is -5.45. The summed E-state index contributed by atoms with van der Waals surface area (Å²) in [6.45, 7) is 0.999. The van der Waals surface area contributed by atoms with Crippen molar-refractivity contribution in [1.29, 1.82) is 0 Å². The zero-order chi connectivity index (χ0) is 38.3. The maximum atomic E-state index is 14.6. The van der Waals surface area contributed by atoms with Crippen LogP contribution in [0.1, 0.15) is 64.7 Å². The Morgan fingerprint density at radius 2 is 1.87 bits per heavy atom. The number of anilines is 1. The highest BCUT2D eigenvalue weighted by atomic mass is 35.5. The van der Waals surface area contributed by atoms with Gasteiger partial charge in [-0.25, -0.2) is 9.78 Å². The first-order valence-electron chi connectivity index (χ1n) is 17.5. The van der Waals surface area contributed by atoms with Gasteiger partial charge in [-0.05, 0) is 67.5 Å². The average molecular weight is 766 g/mol. The summed E-state index contributed by atoms with van der Waals surface area (Å²) in [5.74, 6) is -0.802. The van der Waals surface area contributed by atoms with E-state index in [0.717, 1.165) is 30.2 Å². The quantitative estimate of drug-likeness (QED) is 0.304. The third kappa shape index (κ3) is 5.84. The highest BCUT2D eigenvalue weighted by Crippen LogP contribution is 2.67. The molecule has 8 rings (SSSR count). The third-order valence-electron chi connectivity index (χ3n) is 11.1. The molecule has 14 nitrogen and oxygen atoms in total. The van der Waals surface area contributed by atoms with Gasteiger partial charge in [-0.2, -0.15) is 22.7 Å². The molecule has 2 fully saturated rings. The number of rotatable bonds is 5. The summed E-state index contributed by atoms with van der Waals surface area (Å²) in [4.78, 5) is 67.8. The van der Waals surface area contributed by atoms with Crippen LogP contribution in [0.15, 0.2) is 47.4 Å². The van der Waals surface area contributed by atoms with Gasteiger partial charge in [0, 0.05) is 69.1 Å². The van der Waals surface area contributed by atoms with Crippen LogP contribution < -0.4 is 10.9 Å². The molecule has 5 heterocycles. The molecule has 4 aromatic rings. The molecule has 2 aliphatic carbocycles. The zero-order valence-electron chi connectivity index (χ0n) is 29.2. The van der Waals surface area contributed by atoms with Gasteiger partial charge in [0.25, 0.3) is 11.5 Å². The molecule has 1 aromatic carbocycles. The van der Waals surface area contributed by atoms with Crippen molar-refractivity contribution in [3.05, 3.63) is 86.3 Å². The standard InChI is InChI=1S/C36H35ClF3N9O5/c1-45(2)34(54)47-12-7-19(8-13-47)30-43-33-48(18-26(51)42-24-6-5-20(16-23(24)37)36(38,39)40)29-21-17-22(21)35(27(29)31(52)49(33)44-30)9-14-46(15-10-35)32(53)28-25(50)4-3-11-41-28/h3-7,11,16,21-22,50H,8-10,12-15,17-18H2,1-2H3,(H,42,51)/t21-,22+/m0/s1. The second-order valence-corrected chi connectivity index (χ2v) is 14.8. The summed E-state index contributed by atoms with van der Waals surface area (Å²) in [6.07, 6.45) is 0.756. The topological polar surface area (TPSA) is 158 Å². The van der Waals surface area contributed by atoms with Gasteiger partial charge in [0.2, 0.25) is 11.7 Å². The molecule has 2 N–H and O–H groups in total. The molecule has 2 aliphatic heterocycles. The van der Waals surface area contributed by atoms with Crippen molar-refractivity contribution in [1.82, 2.24) is 38.8 Å². The van der Waals surface area contributed by atoms with Crippen LogP contribution in [0.3, 0.4) is 0 Å². The summed E-state index contributed by atoms with van der Waals surface area (Å²) < 4.78 is 42.7. The van der Waals surface area contributed by atoms with Crippen LogP contribution in [0, 0.1) is 5.92 Å². The second-order valence-electron chi connectivity index (χ2n) is 14.4. The molecule has 282 valence electrons. The maximum absolute atomic E-state index is 14.6. The van der Waals surface area contributed by atoms with Crippen LogP contribution in [-0.2, 0) is 22.9 Å². The molecule has 0 bridgehead atoms. The van der Waals surface area contributed by atoms with Crippen LogP contribution in [0.25, 0.3) is 11.4 Å². The number of likely N-dealkylation sites (tertiary alicyclic amines) is 1. The Morgan fingerprint density at radius 1 is 1.11 bits per heavy atom. The number of fused-ring (bicyclic) bond motifs is 6. The number of alkyl halides is 3. The van der Waals surface area contributed by atoms with E-state index < -0.39 is 29.0 Å². The summed E-state index contributed by atoms with van der Waals surface area (Å²) in [5, 5.41) is 17.3. The van der Waals surface area contributed by atoms with E-state index in [9.17, 15) is 37.5 Å². The van der Waals surface area contributed by atoms with Crippen molar-refractivity contribution in [2.75, 3.05) is 45.6 Å². The minimum Gasteiger partial charge on any atom is -0.505 e. The monoisotopic (exact) mass is 765 g/mol. The predicted molar refractivity (Wildman–Crippen MR) is 189 cm³/mol. The van der Waals surface area contributed by atoms with Gasteiger partial charge in [-0.1, -0.05) is 17.7 Å². The lowest BCUT2D eigenvalue weighted by molar-refractivity contribution is -0.137. The fourth-order valence-corrected chi connectivity index (χ4v) is 8.64. The molecule has 3 aromatic heterocycles. The van der Waals surface area contributed by atoms with Gasteiger partial charge in [0.05, 0.1) is 16.3 Å². The Morgan fingerprint density at radius 3 is 2.52 bits per heavy atom. The number of halogens is 4. The molecule has 54 heavy (non-hydrogen) atoms. The molecule has 0 radical (unpaired) electrons. The number of hydrogen-bond donors (Lipinski definition) is 2. The molecule has 1 saturated carbocycles. The van der Waals surface area contributed by atoms with Gasteiger partial charge in [-0.3, -0.25) is 14.4 Å². The van der Waals surface area contributed by atoms with Crippen molar-refractivity contribution in [2.24, 2.45) is 5.92 Å². The summed E-state index contributed by atoms with van der Waals surface area (Å²) in [7, 11) is 3.34. The number of nitrogens with zero attached hydrogens (tertiary/aromatic N) is 8. The minimum atomic E-state index is -4.62. The number of nitrogens with one attached hydrogen (secondary N) is 1. The van der Waals surface area contributed by atoms with Crippen LogP contribution in [0.5, 0.6) is 5.75 Å². The summed E-state index contributed by atoms with van der Waals surface area (Å²) >= 11 is 6.17. The van der Waals surface area contributed by atoms with E-state index in [2.05, 4.69) is 15.4 Å². The molecule has 0 unspecified atom stereocenters. The lowest BCUT2D eigenvalue weighted by Gasteiger charge is -2.41. The lowest BCUT2D eigenvalue weighted by atomic mass is 9.71. The largest absolute Gasteiger partial charge is 0.505 e. The molecular formula is C36H35ClF3N9O5. The van der Waals surface area contributed by atoms with E-state index in [-0.39, 0.29) is 63.7 Å². The number of aromatic hydroxyl groups is 1. The van der Waals surface area contributed by atoms with E-state index in [1.807, 2.05) is 6.08 Å². The highest BCUT2D eigenvalue weighted by Gasteiger charge is 2.64. The number of aromatic nitrogens is 5. The first kappa shape index (κ1) is 35.6. The number of carbonyl (C=O) groups excluding carboxylic acids is 3. The van der Waals surface area contributed by atoms with Gasteiger partial charge < -0.3 is 29.7 Å². The molecule has 4 aliphatic rings. The molecule has 1 saturated heterocycles. The molecule has 1 spiro atoms. The minimum absolute atomic E-state index is 0.00790. The smallest absolute Gasteiger partial charge is 0.416 e. The van der Waals surface area contributed by atoms with Crippen LogP contribution in [0.4, 0.5) is 23.7 Å². The normalized spacial score (nSPS) is 20.1. The first-order chi connectivity index (χ1) is 25.7. The number of benzene rings is 1. The van der Waals surface area contributed by atoms with Gasteiger partial charge in [0.1, 0.15) is 12.3 Å². The van der Waals surface area contributed by atoms with E-state index in [0.29, 0.717) is 56.7 Å². The highest BCUT2D eigenvalue weighted by molar-refractivity contribution is 6.33. The van der Waals surface area contributed by atoms with Crippen molar-refractivity contribution >= 4 is 46.5 Å². The Bertz CT molecular complexity index is 2330. The number of carbonyl (C=O) groups is 3. The number of piperidine rings is 1. The van der Waals surface area contributed by atoms with Crippen molar-refractivity contribution < 1.29 is 32.7 Å². The number of pyridine rings is 1. The molecule has 18 heteroatoms. The molecule has 4 amide bonds. The number of urea groups is 1. The third-order valence-corrected chi connectivity index (χ3v) is 11.4. The summed E-state index contributed by atoms with van der Waals surface area (Å²) in [6, 6.07) is 5.46. The van der Waals surface area contributed by atoms with E-state index in [1.165, 1.54) is 27.7 Å². The van der Waals surface area contributed by atoms with Gasteiger partial charge in [0.15, 0.2) is 11.5 Å². The second kappa shape index (κ2) is 12.8. The van der Waals surface area contributed by atoms with E-state index in [1.54, 1.807) is 28.5 Å². The van der Waals surface area contributed by atoms with Gasteiger partial charge in [-0.15, -0.1) is 5.10 Å². The fraction of sp³-hybridized carbons (Fsp3) is 0.417. The Kier molecular flexibility index (Phi) is 8.46. The lowest BCUT2D eigenvalue weighted by Crippen LogP contribution is -2.48. The number of hydrogen-bond acceptors (Lipinski definition) is 8. The number of amides is 4. The maximum Gasteiger partial charge on any atom is 0.416 e. The average Bonchev–Trinajstić information content (AvgIpc) is 3.74. The Labute approximate surface area is 310 Å². The van der Waals surface area contributed by atoms with E-state index >= 15 is 0 Å². The van der Waals surface area contributed by atoms with Crippen molar-refractivity contribution in [3.8, 4) is 5.75 Å².